The average Bonchev–Trinajstić information content (AvgIpc) is 3.20. The highest BCUT2D eigenvalue weighted by Gasteiger charge is 2.45. The minimum Gasteiger partial charge on any atom is -0.394 e. The van der Waals surface area contributed by atoms with Gasteiger partial charge >= 0.3 is 0 Å². The molecule has 6 unspecified atom stereocenters. The van der Waals surface area contributed by atoms with Gasteiger partial charge in [0.1, 0.15) is 89.6 Å². The van der Waals surface area contributed by atoms with Crippen LogP contribution in [0.5, 0.6) is 0 Å². The molecule has 0 aromatic carbocycles. The third-order valence-electron chi connectivity index (χ3n) is 9.63. The first-order valence-corrected chi connectivity index (χ1v) is 22.5. The molecule has 0 aliphatic carbocycles. The number of aliphatic hydroxyl groups excluding tert-OH is 12. The molecule has 0 radical (unpaired) electrons. The molecule has 3 aliphatic heterocycles. The predicted octanol–water partition coefficient (Wildman–Crippen LogP) is -4.27. The van der Waals surface area contributed by atoms with Crippen LogP contribution in [0.25, 0.3) is 0 Å². The SMILES string of the molecule is CC(=S)NCC(COCCCS[C@H]1OC(CO)[C@@H](O)C(O)[C@H]1O)(COCCCS[C@H]1OC(CO)[C@@H](O)C(O)[C@H]1O)COCCCS[C@H]1OC(CO)[C@@H](O)C(O)[C@H]1O. The van der Waals surface area contributed by atoms with Crippen LogP contribution < -0.4 is 5.32 Å². The highest BCUT2D eigenvalue weighted by molar-refractivity contribution is 8.00. The molecule has 0 amide bonds. The number of nitrogens with one attached hydrogen (secondary N) is 1. The van der Waals surface area contributed by atoms with Crippen molar-refractivity contribution in [2.45, 2.75) is 116 Å². The first-order chi connectivity index (χ1) is 27.2. The number of thiocarbonyl (C=S) groups is 1. The van der Waals surface area contributed by atoms with Crippen molar-refractivity contribution >= 4 is 52.5 Å². The van der Waals surface area contributed by atoms with Gasteiger partial charge in [-0.3, -0.25) is 0 Å². The molecular formula is C34H63NO18S4. The largest absolute Gasteiger partial charge is 0.394 e. The topological polar surface area (TPSA) is 310 Å². The smallest absolute Gasteiger partial charge is 0.132 e. The fraction of sp³-hybridized carbons (Fsp3) is 0.971. The van der Waals surface area contributed by atoms with Crippen LogP contribution in [0, 0.1) is 5.41 Å². The van der Waals surface area contributed by atoms with Gasteiger partial charge in [-0.15, -0.1) is 35.3 Å². The van der Waals surface area contributed by atoms with Gasteiger partial charge < -0.3 is 95.0 Å². The Morgan fingerprint density at radius 1 is 0.526 bits per heavy atom. The van der Waals surface area contributed by atoms with E-state index in [1.54, 1.807) is 6.92 Å². The van der Waals surface area contributed by atoms with E-state index in [0.717, 1.165) is 0 Å². The van der Waals surface area contributed by atoms with Gasteiger partial charge in [0.2, 0.25) is 0 Å². The maximum Gasteiger partial charge on any atom is 0.132 e. The van der Waals surface area contributed by atoms with E-state index in [1.807, 2.05) is 0 Å². The van der Waals surface area contributed by atoms with Gasteiger partial charge in [-0.1, -0.05) is 12.2 Å². The summed E-state index contributed by atoms with van der Waals surface area (Å²) >= 11 is 8.98. The summed E-state index contributed by atoms with van der Waals surface area (Å²) in [5, 5.41) is 123. The summed E-state index contributed by atoms with van der Waals surface area (Å²) in [6.07, 6.45) is -14.1. The second-order valence-electron chi connectivity index (χ2n) is 14.3. The summed E-state index contributed by atoms with van der Waals surface area (Å²) in [5.41, 5.74) is -3.30. The lowest BCUT2D eigenvalue weighted by molar-refractivity contribution is -0.205. The van der Waals surface area contributed by atoms with Crippen molar-refractivity contribution in [2.75, 3.05) is 83.3 Å². The van der Waals surface area contributed by atoms with E-state index in [4.69, 9.17) is 40.6 Å². The molecule has 3 fully saturated rings. The number of hydrogen-bond acceptors (Lipinski definition) is 22. The van der Waals surface area contributed by atoms with E-state index in [1.165, 1.54) is 35.3 Å². The summed E-state index contributed by atoms with van der Waals surface area (Å²) in [6.45, 7) is 2.00. The number of rotatable bonds is 26. The Bertz CT molecular complexity index is 1010. The molecule has 15 atom stereocenters. The number of hydrogen-bond donors (Lipinski definition) is 13. The van der Waals surface area contributed by atoms with Gasteiger partial charge in [0.05, 0.1) is 50.0 Å². The molecule has 0 aromatic rings. The lowest BCUT2D eigenvalue weighted by Crippen LogP contribution is -2.57. The second kappa shape index (κ2) is 26.6. The van der Waals surface area contributed by atoms with Crippen molar-refractivity contribution in [3.8, 4) is 0 Å². The first-order valence-electron chi connectivity index (χ1n) is 18.9. The van der Waals surface area contributed by atoms with Crippen molar-refractivity contribution in [3.63, 3.8) is 0 Å². The molecule has 3 aliphatic rings. The van der Waals surface area contributed by atoms with Crippen LogP contribution in [0.2, 0.25) is 0 Å². The quantitative estimate of drug-likeness (QED) is 0.0289. The van der Waals surface area contributed by atoms with Crippen molar-refractivity contribution in [1.29, 1.82) is 0 Å². The Hall–Kier alpha value is 0.220. The molecule has 57 heavy (non-hydrogen) atoms. The van der Waals surface area contributed by atoms with E-state index in [9.17, 15) is 61.3 Å². The van der Waals surface area contributed by atoms with Crippen LogP contribution in [0.3, 0.4) is 0 Å². The lowest BCUT2D eigenvalue weighted by Gasteiger charge is -2.39. The fourth-order valence-electron chi connectivity index (χ4n) is 6.15. The summed E-state index contributed by atoms with van der Waals surface area (Å²) in [7, 11) is 0. The summed E-state index contributed by atoms with van der Waals surface area (Å²) < 4.78 is 35.1. The zero-order valence-electron chi connectivity index (χ0n) is 31.9. The number of aliphatic hydroxyl groups is 12. The summed E-state index contributed by atoms with van der Waals surface area (Å²) in [4.78, 5) is 0.544. The molecule has 3 rings (SSSR count). The molecular weight excluding hydrogens is 839 g/mol. The van der Waals surface area contributed by atoms with Gasteiger partial charge in [-0.2, -0.15) is 0 Å². The zero-order chi connectivity index (χ0) is 42.1. The highest BCUT2D eigenvalue weighted by atomic mass is 32.2. The molecule has 0 aromatic heterocycles. The molecule has 13 N–H and O–H groups in total. The molecule has 3 saturated heterocycles. The van der Waals surface area contributed by atoms with Crippen molar-refractivity contribution in [2.24, 2.45) is 5.41 Å². The second-order valence-corrected chi connectivity index (χ2v) is 18.6. The van der Waals surface area contributed by atoms with E-state index < -0.39 is 115 Å². The van der Waals surface area contributed by atoms with E-state index in [0.29, 0.717) is 67.9 Å². The molecule has 19 nitrogen and oxygen atoms in total. The highest BCUT2D eigenvalue weighted by Crippen LogP contribution is 2.31. The summed E-state index contributed by atoms with van der Waals surface area (Å²) in [5.74, 6) is 1.41. The monoisotopic (exact) mass is 901 g/mol. The predicted molar refractivity (Wildman–Crippen MR) is 214 cm³/mol. The van der Waals surface area contributed by atoms with Gasteiger partial charge in [-0.25, -0.2) is 0 Å². The van der Waals surface area contributed by atoms with Crippen LogP contribution >= 0.6 is 47.5 Å². The van der Waals surface area contributed by atoms with Gasteiger partial charge in [-0.05, 0) is 43.4 Å². The van der Waals surface area contributed by atoms with E-state index >= 15 is 0 Å². The number of ether oxygens (including phenoxy) is 6. The minimum absolute atomic E-state index is 0.187. The van der Waals surface area contributed by atoms with Crippen molar-refractivity contribution in [3.05, 3.63) is 0 Å². The maximum atomic E-state index is 10.3. The maximum absolute atomic E-state index is 10.3. The molecule has 0 bridgehead atoms. The standard InChI is InChI=1S/C34H63NO18S4/c1-18(54)35-14-34(15-48-5-2-8-55-31-28(45)25(42)22(39)19(11-36)51-31,16-49-6-3-9-56-32-29(46)26(43)23(40)20(12-37)52-32)17-50-7-4-10-57-33-30(47)27(44)24(41)21(13-38)53-33/h19-33,36-47H,2-17H2,1H3,(H,35,54)/t19?,20?,21?,22-,23-,24-,25?,26?,27?,28-,29-,30-,31-,32-,33-,34?/m1/s1. The Morgan fingerprint density at radius 2 is 0.825 bits per heavy atom. The number of thioether (sulfide) groups is 3. The zero-order valence-corrected chi connectivity index (χ0v) is 35.2. The van der Waals surface area contributed by atoms with Crippen molar-refractivity contribution < 1.29 is 89.7 Å². The lowest BCUT2D eigenvalue weighted by atomic mass is 9.90. The van der Waals surface area contributed by atoms with Gasteiger partial charge in [0.15, 0.2) is 0 Å². The molecule has 3 heterocycles. The van der Waals surface area contributed by atoms with Crippen LogP contribution in [0.1, 0.15) is 26.2 Å². The third-order valence-corrected chi connectivity index (χ3v) is 13.5. The van der Waals surface area contributed by atoms with Crippen LogP contribution in [0.15, 0.2) is 0 Å². The molecule has 23 heteroatoms. The van der Waals surface area contributed by atoms with E-state index in [2.05, 4.69) is 5.32 Å². The Labute approximate surface area is 350 Å². The Balaban J connectivity index is 1.53. The van der Waals surface area contributed by atoms with Crippen LogP contribution in [-0.4, -0.2) is 239 Å². The summed E-state index contributed by atoms with van der Waals surface area (Å²) in [6, 6.07) is 0. The van der Waals surface area contributed by atoms with Crippen LogP contribution in [-0.2, 0) is 28.4 Å². The van der Waals surface area contributed by atoms with Crippen molar-refractivity contribution in [1.82, 2.24) is 5.32 Å². The Kier molecular flexibility index (Phi) is 24.1. The molecule has 0 saturated carbocycles. The molecule has 0 spiro atoms. The Morgan fingerprint density at radius 3 is 1.09 bits per heavy atom. The molecule has 336 valence electrons. The van der Waals surface area contributed by atoms with Gasteiger partial charge in [0.25, 0.3) is 0 Å². The minimum atomic E-state index is -1.46. The van der Waals surface area contributed by atoms with E-state index in [-0.39, 0.29) is 19.8 Å². The first kappa shape index (κ1) is 51.6. The normalized spacial score (nSPS) is 37.2. The average molecular weight is 902 g/mol. The fourth-order valence-corrected chi connectivity index (χ4v) is 9.51. The van der Waals surface area contributed by atoms with Crippen LogP contribution in [0.4, 0.5) is 0 Å². The van der Waals surface area contributed by atoms with Gasteiger partial charge in [0, 0.05) is 26.4 Å². The third kappa shape index (κ3) is 15.8.